The molecule has 1 saturated carbocycles. The van der Waals surface area contributed by atoms with Crippen molar-refractivity contribution in [2.75, 3.05) is 13.2 Å². The van der Waals surface area contributed by atoms with E-state index in [1.807, 2.05) is 18.2 Å². The first-order valence-electron chi connectivity index (χ1n) is 7.21. The summed E-state index contributed by atoms with van der Waals surface area (Å²) in [5.41, 5.74) is 7.60. The zero-order chi connectivity index (χ0) is 13.9. The van der Waals surface area contributed by atoms with E-state index in [-0.39, 0.29) is 11.5 Å². The first kappa shape index (κ1) is 14.5. The van der Waals surface area contributed by atoms with E-state index in [9.17, 15) is 0 Å². The molecule has 1 aliphatic rings. The standard InChI is InChI=1S/C16H26N2O/c1-4-19-15-10-14(16(15,2)3)18-11-13(17)12-8-6-5-7-9-12/h5-9,13-15,18H,4,10-11,17H2,1-3H3. The van der Waals surface area contributed by atoms with Crippen LogP contribution in [0.1, 0.15) is 38.8 Å². The van der Waals surface area contributed by atoms with E-state index in [0.29, 0.717) is 12.1 Å². The lowest BCUT2D eigenvalue weighted by Crippen LogP contribution is -2.61. The number of benzene rings is 1. The smallest absolute Gasteiger partial charge is 0.0655 e. The molecule has 0 radical (unpaired) electrons. The molecule has 0 saturated heterocycles. The van der Waals surface area contributed by atoms with Gasteiger partial charge in [0.25, 0.3) is 0 Å². The molecule has 3 unspecified atom stereocenters. The van der Waals surface area contributed by atoms with Crippen LogP contribution >= 0.6 is 0 Å². The van der Waals surface area contributed by atoms with Gasteiger partial charge in [0.1, 0.15) is 0 Å². The summed E-state index contributed by atoms with van der Waals surface area (Å²) in [5.74, 6) is 0. The highest BCUT2D eigenvalue weighted by atomic mass is 16.5. The summed E-state index contributed by atoms with van der Waals surface area (Å²) in [5, 5.41) is 3.59. The molecular formula is C16H26N2O. The van der Waals surface area contributed by atoms with Crippen LogP contribution in [0.15, 0.2) is 30.3 Å². The Bertz CT molecular complexity index is 391. The van der Waals surface area contributed by atoms with Crippen LogP contribution in [-0.4, -0.2) is 25.3 Å². The molecule has 3 N–H and O–H groups in total. The molecule has 2 rings (SSSR count). The van der Waals surface area contributed by atoms with Crippen LogP contribution in [0.3, 0.4) is 0 Å². The molecule has 1 aromatic carbocycles. The summed E-state index contributed by atoms with van der Waals surface area (Å²) in [7, 11) is 0. The monoisotopic (exact) mass is 262 g/mol. The van der Waals surface area contributed by atoms with Gasteiger partial charge in [0, 0.05) is 30.7 Å². The minimum Gasteiger partial charge on any atom is -0.378 e. The van der Waals surface area contributed by atoms with Gasteiger partial charge in [0.05, 0.1) is 6.10 Å². The SMILES string of the molecule is CCOC1CC(NCC(N)c2ccccc2)C1(C)C. The van der Waals surface area contributed by atoms with Crippen molar-refractivity contribution in [2.45, 2.75) is 45.4 Å². The largest absolute Gasteiger partial charge is 0.378 e. The Kier molecular flexibility index (Phi) is 4.61. The maximum absolute atomic E-state index is 6.21. The van der Waals surface area contributed by atoms with E-state index < -0.39 is 0 Å². The van der Waals surface area contributed by atoms with Crippen molar-refractivity contribution in [2.24, 2.45) is 11.1 Å². The van der Waals surface area contributed by atoms with Crippen molar-refractivity contribution >= 4 is 0 Å². The van der Waals surface area contributed by atoms with Gasteiger partial charge in [-0.05, 0) is 18.9 Å². The fourth-order valence-electron chi connectivity index (χ4n) is 2.80. The lowest BCUT2D eigenvalue weighted by atomic mass is 9.64. The Balaban J connectivity index is 1.81. The minimum absolute atomic E-state index is 0.0585. The molecule has 0 aliphatic heterocycles. The molecule has 0 heterocycles. The fraction of sp³-hybridized carbons (Fsp3) is 0.625. The summed E-state index contributed by atoms with van der Waals surface area (Å²) in [4.78, 5) is 0. The Hall–Kier alpha value is -0.900. The third-order valence-corrected chi connectivity index (χ3v) is 4.36. The molecule has 0 bridgehead atoms. The lowest BCUT2D eigenvalue weighted by molar-refractivity contribution is -0.114. The van der Waals surface area contributed by atoms with Gasteiger partial charge in [0.15, 0.2) is 0 Å². The fourth-order valence-corrected chi connectivity index (χ4v) is 2.80. The molecule has 0 spiro atoms. The number of nitrogens with one attached hydrogen (secondary N) is 1. The van der Waals surface area contributed by atoms with Gasteiger partial charge in [-0.25, -0.2) is 0 Å². The molecule has 1 aromatic rings. The average molecular weight is 262 g/mol. The highest BCUT2D eigenvalue weighted by molar-refractivity contribution is 5.19. The van der Waals surface area contributed by atoms with Gasteiger partial charge in [-0.3, -0.25) is 0 Å². The van der Waals surface area contributed by atoms with Crippen LogP contribution < -0.4 is 11.1 Å². The van der Waals surface area contributed by atoms with Gasteiger partial charge >= 0.3 is 0 Å². The molecule has 1 aliphatic carbocycles. The summed E-state index contributed by atoms with van der Waals surface area (Å²) in [6, 6.07) is 10.8. The van der Waals surface area contributed by atoms with Crippen LogP contribution in [0.2, 0.25) is 0 Å². The zero-order valence-electron chi connectivity index (χ0n) is 12.2. The highest BCUT2D eigenvalue weighted by Crippen LogP contribution is 2.42. The van der Waals surface area contributed by atoms with Crippen LogP contribution in [0.25, 0.3) is 0 Å². The molecule has 3 nitrogen and oxygen atoms in total. The third-order valence-electron chi connectivity index (χ3n) is 4.36. The number of hydrogen-bond donors (Lipinski definition) is 2. The van der Waals surface area contributed by atoms with Gasteiger partial charge in [-0.2, -0.15) is 0 Å². The van der Waals surface area contributed by atoms with Crippen molar-refractivity contribution in [1.29, 1.82) is 0 Å². The molecular weight excluding hydrogens is 236 g/mol. The minimum atomic E-state index is 0.0585. The van der Waals surface area contributed by atoms with Crippen LogP contribution in [-0.2, 0) is 4.74 Å². The lowest BCUT2D eigenvalue weighted by Gasteiger charge is -2.52. The van der Waals surface area contributed by atoms with Crippen molar-refractivity contribution in [1.82, 2.24) is 5.32 Å². The predicted octanol–water partition coefficient (Wildman–Crippen LogP) is 2.48. The van der Waals surface area contributed by atoms with Gasteiger partial charge in [0.2, 0.25) is 0 Å². The zero-order valence-corrected chi connectivity index (χ0v) is 12.2. The molecule has 0 aromatic heterocycles. The third kappa shape index (κ3) is 3.16. The van der Waals surface area contributed by atoms with E-state index in [1.165, 1.54) is 5.56 Å². The van der Waals surface area contributed by atoms with E-state index in [1.54, 1.807) is 0 Å². The van der Waals surface area contributed by atoms with Crippen molar-refractivity contribution in [3.05, 3.63) is 35.9 Å². The predicted molar refractivity (Wildman–Crippen MR) is 79.0 cm³/mol. The van der Waals surface area contributed by atoms with Gasteiger partial charge in [-0.15, -0.1) is 0 Å². The topological polar surface area (TPSA) is 47.3 Å². The van der Waals surface area contributed by atoms with Crippen molar-refractivity contribution in [3.8, 4) is 0 Å². The number of rotatable bonds is 6. The van der Waals surface area contributed by atoms with E-state index in [4.69, 9.17) is 10.5 Å². The average Bonchev–Trinajstić information content (AvgIpc) is 2.42. The maximum atomic E-state index is 6.21. The number of ether oxygens (including phenoxy) is 1. The quantitative estimate of drug-likeness (QED) is 0.828. The molecule has 1 fully saturated rings. The number of hydrogen-bond acceptors (Lipinski definition) is 3. The molecule has 106 valence electrons. The molecule has 3 heteroatoms. The van der Waals surface area contributed by atoms with Gasteiger partial charge in [-0.1, -0.05) is 44.2 Å². The van der Waals surface area contributed by atoms with Crippen molar-refractivity contribution < 1.29 is 4.74 Å². The molecule has 0 amide bonds. The Morgan fingerprint density at radius 3 is 2.63 bits per heavy atom. The van der Waals surface area contributed by atoms with E-state index in [2.05, 4.69) is 38.2 Å². The van der Waals surface area contributed by atoms with Gasteiger partial charge < -0.3 is 15.8 Å². The Morgan fingerprint density at radius 1 is 1.37 bits per heavy atom. The Morgan fingerprint density at radius 2 is 2.05 bits per heavy atom. The first-order chi connectivity index (χ1) is 9.05. The van der Waals surface area contributed by atoms with E-state index in [0.717, 1.165) is 19.6 Å². The second kappa shape index (κ2) is 6.04. The number of nitrogens with two attached hydrogens (primary N) is 1. The van der Waals surface area contributed by atoms with E-state index >= 15 is 0 Å². The summed E-state index contributed by atoms with van der Waals surface area (Å²) >= 11 is 0. The summed E-state index contributed by atoms with van der Waals surface area (Å²) < 4.78 is 5.74. The second-order valence-electron chi connectivity index (χ2n) is 5.98. The molecule has 3 atom stereocenters. The molecule has 19 heavy (non-hydrogen) atoms. The maximum Gasteiger partial charge on any atom is 0.0655 e. The van der Waals surface area contributed by atoms with Crippen LogP contribution in [0.4, 0.5) is 0 Å². The van der Waals surface area contributed by atoms with Crippen LogP contribution in [0, 0.1) is 5.41 Å². The highest BCUT2D eigenvalue weighted by Gasteiger charge is 2.48. The normalized spacial score (nSPS) is 26.7. The van der Waals surface area contributed by atoms with Crippen LogP contribution in [0.5, 0.6) is 0 Å². The van der Waals surface area contributed by atoms with Crippen molar-refractivity contribution in [3.63, 3.8) is 0 Å². The summed E-state index contributed by atoms with van der Waals surface area (Å²) in [6.45, 7) is 8.20. The Labute approximate surface area is 116 Å². The second-order valence-corrected chi connectivity index (χ2v) is 5.98. The first-order valence-corrected chi connectivity index (χ1v) is 7.21. The summed E-state index contributed by atoms with van der Waals surface area (Å²) in [6.07, 6.45) is 1.46.